The average Bonchev–Trinajstić information content (AvgIpc) is 3.61. The van der Waals surface area contributed by atoms with Gasteiger partial charge in [0, 0.05) is 33.1 Å². The molecule has 1 aliphatic heterocycles. The van der Waals surface area contributed by atoms with Crippen molar-refractivity contribution in [1.82, 2.24) is 4.57 Å². The van der Waals surface area contributed by atoms with E-state index in [-0.39, 0.29) is 11.5 Å². The molecule has 2 unspecified atom stereocenters. The summed E-state index contributed by atoms with van der Waals surface area (Å²) in [6.45, 7) is 2.33. The van der Waals surface area contributed by atoms with Gasteiger partial charge in [-0.3, -0.25) is 0 Å². The van der Waals surface area contributed by atoms with Gasteiger partial charge in [0.15, 0.2) is 0 Å². The van der Waals surface area contributed by atoms with E-state index in [0.717, 1.165) is 44.7 Å². The lowest BCUT2D eigenvalue weighted by Gasteiger charge is -2.34. The normalized spacial score (nSPS) is 18.0. The van der Waals surface area contributed by atoms with Gasteiger partial charge in [0.05, 0.1) is 34.4 Å². The van der Waals surface area contributed by atoms with E-state index in [2.05, 4.69) is 174 Å². The van der Waals surface area contributed by atoms with E-state index in [1.165, 1.54) is 22.0 Å². The molecule has 0 bridgehead atoms. The number of rotatable bonds is 4. The molecule has 2 aliphatic rings. The summed E-state index contributed by atoms with van der Waals surface area (Å²) in [5.41, 5.74) is 11.9. The minimum Gasteiger partial charge on any atom is -0.333 e. The first-order valence-electron chi connectivity index (χ1n) is 16.1. The zero-order valence-electron chi connectivity index (χ0n) is 26.0. The van der Waals surface area contributed by atoms with Gasteiger partial charge in [0.2, 0.25) is 0 Å². The first-order chi connectivity index (χ1) is 23.1. The molecule has 47 heavy (non-hydrogen) atoms. The SMILES string of the molecule is CC12C=CC=CC1N(c1cccc(-c3cc(C#N)cc(-c4ccccc4-n4c5ccccc5c5ccccc54)c3)c1)c1ccccc12. The van der Waals surface area contributed by atoms with Gasteiger partial charge < -0.3 is 9.47 Å². The van der Waals surface area contributed by atoms with E-state index in [1.54, 1.807) is 0 Å². The third-order valence-corrected chi connectivity index (χ3v) is 10.0. The van der Waals surface area contributed by atoms with Crippen molar-refractivity contribution in [2.24, 2.45) is 0 Å². The van der Waals surface area contributed by atoms with Crippen molar-refractivity contribution in [2.75, 3.05) is 4.90 Å². The fourth-order valence-corrected chi connectivity index (χ4v) is 7.86. The van der Waals surface area contributed by atoms with Crippen molar-refractivity contribution >= 4 is 33.2 Å². The van der Waals surface area contributed by atoms with Gasteiger partial charge in [-0.2, -0.15) is 5.26 Å². The van der Waals surface area contributed by atoms with E-state index in [0.29, 0.717) is 5.56 Å². The molecule has 0 saturated heterocycles. The monoisotopic (exact) mass is 601 g/mol. The first kappa shape index (κ1) is 27.2. The molecule has 3 nitrogen and oxygen atoms in total. The summed E-state index contributed by atoms with van der Waals surface area (Å²) >= 11 is 0. The highest BCUT2D eigenvalue weighted by Gasteiger charge is 2.46. The van der Waals surface area contributed by atoms with Crippen molar-refractivity contribution in [3.05, 3.63) is 175 Å². The van der Waals surface area contributed by atoms with Gasteiger partial charge in [-0.1, -0.05) is 109 Å². The maximum absolute atomic E-state index is 10.2. The minimum atomic E-state index is -0.105. The molecule has 2 atom stereocenters. The summed E-state index contributed by atoms with van der Waals surface area (Å²) in [6.07, 6.45) is 8.97. The Balaban J connectivity index is 1.20. The van der Waals surface area contributed by atoms with Crippen molar-refractivity contribution < 1.29 is 0 Å². The maximum Gasteiger partial charge on any atom is 0.0992 e. The fraction of sp³-hybridized carbons (Fsp3) is 0.0682. The number of allylic oxidation sites excluding steroid dienone is 2. The van der Waals surface area contributed by atoms with Gasteiger partial charge in [-0.25, -0.2) is 0 Å². The summed E-state index contributed by atoms with van der Waals surface area (Å²) < 4.78 is 2.35. The summed E-state index contributed by atoms with van der Waals surface area (Å²) in [5.74, 6) is 0. The summed E-state index contributed by atoms with van der Waals surface area (Å²) in [7, 11) is 0. The molecule has 0 fully saturated rings. The zero-order chi connectivity index (χ0) is 31.5. The van der Waals surface area contributed by atoms with Gasteiger partial charge >= 0.3 is 0 Å². The summed E-state index contributed by atoms with van der Waals surface area (Å²) in [4.78, 5) is 2.46. The molecule has 0 saturated carbocycles. The smallest absolute Gasteiger partial charge is 0.0992 e. The topological polar surface area (TPSA) is 32.0 Å². The first-order valence-corrected chi connectivity index (χ1v) is 16.1. The Morgan fingerprint density at radius 2 is 1.30 bits per heavy atom. The van der Waals surface area contributed by atoms with Crippen LogP contribution in [0.5, 0.6) is 0 Å². The van der Waals surface area contributed by atoms with E-state index < -0.39 is 0 Å². The number of nitriles is 1. The lowest BCUT2D eigenvalue weighted by atomic mass is 9.76. The molecule has 0 amide bonds. The second-order valence-corrected chi connectivity index (χ2v) is 12.7. The van der Waals surface area contributed by atoms with Gasteiger partial charge in [0.1, 0.15) is 0 Å². The molecule has 6 aromatic carbocycles. The van der Waals surface area contributed by atoms with E-state index in [4.69, 9.17) is 0 Å². The number of hydrogen-bond acceptors (Lipinski definition) is 2. The van der Waals surface area contributed by atoms with E-state index >= 15 is 0 Å². The number of nitrogens with zero attached hydrogens (tertiary/aromatic N) is 3. The van der Waals surface area contributed by atoms with Crippen LogP contribution < -0.4 is 4.90 Å². The highest BCUT2D eigenvalue weighted by Crippen LogP contribution is 2.51. The predicted molar refractivity (Wildman–Crippen MR) is 194 cm³/mol. The molecule has 222 valence electrons. The van der Waals surface area contributed by atoms with Crippen molar-refractivity contribution in [2.45, 2.75) is 18.4 Å². The molecule has 0 radical (unpaired) electrons. The largest absolute Gasteiger partial charge is 0.333 e. The van der Waals surface area contributed by atoms with E-state index in [1.807, 2.05) is 12.1 Å². The number of hydrogen-bond donors (Lipinski definition) is 0. The number of fused-ring (bicyclic) bond motifs is 6. The lowest BCUT2D eigenvalue weighted by Crippen LogP contribution is -2.39. The Kier molecular flexibility index (Phi) is 6.07. The van der Waals surface area contributed by atoms with Crippen molar-refractivity contribution in [3.8, 4) is 34.0 Å². The van der Waals surface area contributed by atoms with Crippen molar-refractivity contribution in [3.63, 3.8) is 0 Å². The quantitative estimate of drug-likeness (QED) is 0.201. The van der Waals surface area contributed by atoms with Crippen LogP contribution in [0.1, 0.15) is 18.1 Å². The van der Waals surface area contributed by atoms with Crippen molar-refractivity contribution in [1.29, 1.82) is 5.26 Å². The standard InChI is InChI=1S/C44H31N3/c1-44-24-11-10-23-43(44)46(42-22-9-5-18-38(42)44)34-14-12-13-31(28-34)32-25-30(29-45)26-33(27-32)35-15-2-6-19-39(35)47-40-20-7-3-16-36(40)37-17-4-8-21-41(37)47/h2-28,43H,1H3. The van der Waals surface area contributed by atoms with Crippen LogP contribution in [0.15, 0.2) is 164 Å². The third-order valence-electron chi connectivity index (χ3n) is 10.0. The molecule has 7 aromatic rings. The Morgan fingerprint density at radius 3 is 2.09 bits per heavy atom. The Bertz CT molecular complexity index is 2420. The molecule has 1 aliphatic carbocycles. The third kappa shape index (κ3) is 4.12. The molecule has 0 N–H and O–H groups in total. The predicted octanol–water partition coefficient (Wildman–Crippen LogP) is 10.9. The molecule has 9 rings (SSSR count). The molecular formula is C44H31N3. The number of para-hydroxylation sites is 4. The van der Waals surface area contributed by atoms with Crippen LogP contribution in [0.3, 0.4) is 0 Å². The fourth-order valence-electron chi connectivity index (χ4n) is 7.86. The number of anilines is 2. The number of benzene rings is 6. The molecule has 1 aromatic heterocycles. The molecule has 3 heteroatoms. The van der Waals surface area contributed by atoms with Crippen LogP contribution in [0, 0.1) is 11.3 Å². The highest BCUT2D eigenvalue weighted by atomic mass is 15.2. The Morgan fingerprint density at radius 1 is 0.617 bits per heavy atom. The van der Waals surface area contributed by atoms with Crippen LogP contribution >= 0.6 is 0 Å². The van der Waals surface area contributed by atoms with Gasteiger partial charge in [0.25, 0.3) is 0 Å². The second kappa shape index (κ2) is 10.5. The van der Waals surface area contributed by atoms with Crippen LogP contribution in [0.25, 0.3) is 49.7 Å². The van der Waals surface area contributed by atoms with Crippen LogP contribution in [-0.2, 0) is 5.41 Å². The minimum absolute atomic E-state index is 0.105. The molecular weight excluding hydrogens is 571 g/mol. The Labute approximate surface area is 274 Å². The highest BCUT2D eigenvalue weighted by molar-refractivity contribution is 6.09. The number of aromatic nitrogens is 1. The second-order valence-electron chi connectivity index (χ2n) is 12.7. The average molecular weight is 602 g/mol. The zero-order valence-corrected chi connectivity index (χ0v) is 26.0. The van der Waals surface area contributed by atoms with Crippen LogP contribution in [-0.4, -0.2) is 10.6 Å². The summed E-state index contributed by atoms with van der Waals surface area (Å²) in [6, 6.07) is 52.1. The van der Waals surface area contributed by atoms with Gasteiger partial charge in [-0.05, 0) is 83.8 Å². The molecule has 2 heterocycles. The molecule has 0 spiro atoms. The van der Waals surface area contributed by atoms with E-state index in [9.17, 15) is 5.26 Å². The van der Waals surface area contributed by atoms with Crippen LogP contribution in [0.4, 0.5) is 11.4 Å². The van der Waals surface area contributed by atoms with Crippen LogP contribution in [0.2, 0.25) is 0 Å². The lowest BCUT2D eigenvalue weighted by molar-refractivity contribution is 0.551. The summed E-state index contributed by atoms with van der Waals surface area (Å²) in [5, 5.41) is 12.7. The maximum atomic E-state index is 10.2. The Hall–Kier alpha value is -6.11. The van der Waals surface area contributed by atoms with Gasteiger partial charge in [-0.15, -0.1) is 0 Å².